The van der Waals surface area contributed by atoms with Gasteiger partial charge in [0.1, 0.15) is 8.24 Å². The van der Waals surface area contributed by atoms with Crippen molar-refractivity contribution in [2.24, 2.45) is 0 Å². The van der Waals surface area contributed by atoms with Crippen LogP contribution in [0.1, 0.15) is 67.2 Å². The molecule has 0 bridgehead atoms. The van der Waals surface area contributed by atoms with E-state index in [1.165, 1.54) is 38.3 Å². The SMILES string of the molecule is C=C[Si](C)(C)CCN(C1CCCC1)[Si](C(C)C)(C(C)C)C(C)C. The zero-order chi connectivity index (χ0) is 17.8. The zero-order valence-corrected chi connectivity index (χ0v) is 19.3. The van der Waals surface area contributed by atoms with Crippen LogP contribution in [0, 0.1) is 0 Å². The predicted octanol–water partition coefficient (Wildman–Crippen LogP) is 6.84. The molecule has 0 saturated heterocycles. The van der Waals surface area contributed by atoms with Gasteiger partial charge in [0.25, 0.3) is 0 Å². The minimum absolute atomic E-state index is 0.830. The predicted molar refractivity (Wildman–Crippen MR) is 112 cm³/mol. The van der Waals surface area contributed by atoms with Gasteiger partial charge in [-0.25, -0.2) is 0 Å². The van der Waals surface area contributed by atoms with Crippen LogP contribution in [-0.4, -0.2) is 33.5 Å². The first-order valence-electron chi connectivity index (χ1n) is 10.00. The molecule has 0 aromatic heterocycles. The Balaban J connectivity index is 3.19. The van der Waals surface area contributed by atoms with E-state index in [4.69, 9.17) is 0 Å². The lowest BCUT2D eigenvalue weighted by Gasteiger charge is -2.54. The molecule has 1 nitrogen and oxygen atoms in total. The molecule has 1 aliphatic carbocycles. The fourth-order valence-electron chi connectivity index (χ4n) is 5.41. The number of hydrogen-bond acceptors (Lipinski definition) is 1. The van der Waals surface area contributed by atoms with E-state index in [0.29, 0.717) is 0 Å². The van der Waals surface area contributed by atoms with Gasteiger partial charge in [-0.1, -0.05) is 67.5 Å². The minimum Gasteiger partial charge on any atom is -0.320 e. The number of nitrogens with zero attached hydrogens (tertiary/aromatic N) is 1. The Labute approximate surface area is 149 Å². The summed E-state index contributed by atoms with van der Waals surface area (Å²) in [5, 5.41) is 0. The van der Waals surface area contributed by atoms with Gasteiger partial charge in [0.2, 0.25) is 0 Å². The van der Waals surface area contributed by atoms with E-state index in [9.17, 15) is 0 Å². The maximum atomic E-state index is 4.13. The summed E-state index contributed by atoms with van der Waals surface area (Å²) in [6.07, 6.45) is 5.78. The standard InChI is InChI=1S/C20H43NSi2/c1-10-22(8,9)16-15-21(20-13-11-12-14-20)23(17(2)3,18(4)5)19(6)7/h10,17-20H,1,11-16H2,2-9H3. The summed E-state index contributed by atoms with van der Waals surface area (Å²) >= 11 is 0. The number of hydrogen-bond donors (Lipinski definition) is 0. The first-order chi connectivity index (χ1) is 10.6. The third-order valence-electron chi connectivity index (χ3n) is 6.59. The highest BCUT2D eigenvalue weighted by molar-refractivity contribution is 6.83. The second-order valence-corrected chi connectivity index (χ2v) is 20.1. The topological polar surface area (TPSA) is 3.24 Å². The molecule has 136 valence electrons. The summed E-state index contributed by atoms with van der Waals surface area (Å²) in [4.78, 5) is 0. The third-order valence-corrected chi connectivity index (χ3v) is 16.3. The average Bonchev–Trinajstić information content (AvgIpc) is 2.95. The van der Waals surface area contributed by atoms with Gasteiger partial charge in [-0.15, -0.1) is 12.3 Å². The van der Waals surface area contributed by atoms with Crippen molar-refractivity contribution in [3.05, 3.63) is 12.3 Å². The van der Waals surface area contributed by atoms with Gasteiger partial charge in [-0.2, -0.15) is 0 Å². The van der Waals surface area contributed by atoms with Crippen molar-refractivity contribution in [3.8, 4) is 0 Å². The molecule has 0 radical (unpaired) electrons. The lowest BCUT2D eigenvalue weighted by molar-refractivity contribution is 0.308. The smallest absolute Gasteiger partial charge is 0.136 e. The quantitative estimate of drug-likeness (QED) is 0.410. The van der Waals surface area contributed by atoms with Gasteiger partial charge in [0.15, 0.2) is 0 Å². The van der Waals surface area contributed by atoms with Crippen molar-refractivity contribution in [1.29, 1.82) is 0 Å². The summed E-state index contributed by atoms with van der Waals surface area (Å²) in [7, 11) is -2.74. The molecule has 0 aromatic rings. The van der Waals surface area contributed by atoms with Crippen molar-refractivity contribution in [3.63, 3.8) is 0 Å². The van der Waals surface area contributed by atoms with Gasteiger partial charge in [-0.05, 0) is 42.1 Å². The molecule has 3 heteroatoms. The maximum Gasteiger partial charge on any atom is 0.136 e. The van der Waals surface area contributed by atoms with Crippen molar-refractivity contribution in [2.75, 3.05) is 6.54 Å². The molecular formula is C20H43NSi2. The highest BCUT2D eigenvalue weighted by atomic mass is 28.3. The Hall–Kier alpha value is 0.134. The van der Waals surface area contributed by atoms with Crippen LogP contribution in [0.3, 0.4) is 0 Å². The molecule has 0 N–H and O–H groups in total. The first-order valence-corrected chi connectivity index (χ1v) is 15.5. The fourth-order valence-corrected chi connectivity index (χ4v) is 14.0. The van der Waals surface area contributed by atoms with E-state index in [1.54, 1.807) is 0 Å². The van der Waals surface area contributed by atoms with Crippen LogP contribution in [0.15, 0.2) is 12.3 Å². The molecule has 1 rings (SSSR count). The van der Waals surface area contributed by atoms with Crippen LogP contribution in [0.2, 0.25) is 35.8 Å². The van der Waals surface area contributed by atoms with Crippen molar-refractivity contribution in [2.45, 2.75) is 109 Å². The molecule has 0 atom stereocenters. The molecule has 23 heavy (non-hydrogen) atoms. The van der Waals surface area contributed by atoms with Gasteiger partial charge >= 0.3 is 0 Å². The van der Waals surface area contributed by atoms with Gasteiger partial charge in [0.05, 0.1) is 8.07 Å². The Kier molecular flexibility index (Phi) is 7.81. The van der Waals surface area contributed by atoms with Crippen LogP contribution in [0.5, 0.6) is 0 Å². The Morgan fingerprint density at radius 3 is 1.74 bits per heavy atom. The lowest BCUT2D eigenvalue weighted by Crippen LogP contribution is -2.63. The minimum atomic E-state index is -1.51. The van der Waals surface area contributed by atoms with Crippen LogP contribution in [0.4, 0.5) is 0 Å². The van der Waals surface area contributed by atoms with E-state index in [-0.39, 0.29) is 0 Å². The van der Waals surface area contributed by atoms with Gasteiger partial charge < -0.3 is 4.57 Å². The normalized spacial score (nSPS) is 17.9. The van der Waals surface area contributed by atoms with Crippen molar-refractivity contribution >= 4 is 16.3 Å². The Bertz CT molecular complexity index is 346. The monoisotopic (exact) mass is 353 g/mol. The molecular weight excluding hydrogens is 310 g/mol. The molecule has 0 unspecified atom stereocenters. The summed E-state index contributed by atoms with van der Waals surface area (Å²) in [5.74, 6) is 0. The molecule has 1 aliphatic rings. The molecule has 1 saturated carbocycles. The van der Waals surface area contributed by atoms with Crippen LogP contribution >= 0.6 is 0 Å². The summed E-state index contributed by atoms with van der Waals surface area (Å²) < 4.78 is 3.12. The Morgan fingerprint density at radius 2 is 1.39 bits per heavy atom. The molecule has 0 aliphatic heterocycles. The van der Waals surface area contributed by atoms with Gasteiger partial charge in [0, 0.05) is 6.04 Å². The lowest BCUT2D eigenvalue weighted by atomic mass is 10.2. The van der Waals surface area contributed by atoms with Gasteiger partial charge in [-0.3, -0.25) is 0 Å². The van der Waals surface area contributed by atoms with Crippen LogP contribution in [-0.2, 0) is 0 Å². The fraction of sp³-hybridized carbons (Fsp3) is 0.900. The van der Waals surface area contributed by atoms with Crippen molar-refractivity contribution < 1.29 is 0 Å². The van der Waals surface area contributed by atoms with E-state index in [2.05, 4.69) is 71.5 Å². The number of rotatable bonds is 9. The molecule has 1 fully saturated rings. The van der Waals surface area contributed by atoms with E-state index >= 15 is 0 Å². The second-order valence-electron chi connectivity index (χ2n) is 9.43. The molecule has 0 spiro atoms. The average molecular weight is 354 g/mol. The van der Waals surface area contributed by atoms with Crippen molar-refractivity contribution in [1.82, 2.24) is 4.57 Å². The largest absolute Gasteiger partial charge is 0.320 e. The molecule has 0 amide bonds. The van der Waals surface area contributed by atoms with Crippen LogP contribution < -0.4 is 0 Å². The summed E-state index contributed by atoms with van der Waals surface area (Å²) in [5.41, 5.74) is 4.79. The summed E-state index contributed by atoms with van der Waals surface area (Å²) in [6, 6.07) is 2.25. The molecule has 0 heterocycles. The van der Waals surface area contributed by atoms with E-state index in [1.807, 2.05) is 0 Å². The maximum absolute atomic E-state index is 4.13. The highest BCUT2D eigenvalue weighted by Crippen LogP contribution is 2.47. The second kappa shape index (κ2) is 8.48. The molecule has 0 aromatic carbocycles. The Morgan fingerprint density at radius 1 is 0.957 bits per heavy atom. The first kappa shape index (κ1) is 21.2. The van der Waals surface area contributed by atoms with Crippen LogP contribution in [0.25, 0.3) is 0 Å². The highest BCUT2D eigenvalue weighted by Gasteiger charge is 2.50. The van der Waals surface area contributed by atoms with E-state index in [0.717, 1.165) is 22.7 Å². The zero-order valence-electron chi connectivity index (χ0n) is 17.3. The van der Waals surface area contributed by atoms with E-state index < -0.39 is 16.3 Å². The summed E-state index contributed by atoms with van der Waals surface area (Å²) in [6.45, 7) is 25.5. The third kappa shape index (κ3) is 4.61.